The lowest BCUT2D eigenvalue weighted by molar-refractivity contribution is -0.138. The van der Waals surface area contributed by atoms with Crippen LogP contribution in [0.1, 0.15) is 16.7 Å². The third-order valence-electron chi connectivity index (χ3n) is 3.37. The summed E-state index contributed by atoms with van der Waals surface area (Å²) in [5, 5.41) is 2.63. The van der Waals surface area contributed by atoms with Crippen LogP contribution in [0.15, 0.2) is 41.3 Å². The summed E-state index contributed by atoms with van der Waals surface area (Å²) in [4.78, 5) is 23.7. The molecule has 0 bridgehead atoms. The SMILES string of the molecule is Cc1cccc(C)c1NC(=O)Cn1cc(C(F)(F)F)ccc1=O. The number of pyridine rings is 1. The van der Waals surface area contributed by atoms with Crippen LogP contribution in [-0.2, 0) is 17.5 Å². The molecule has 0 aliphatic carbocycles. The molecule has 0 spiro atoms. The largest absolute Gasteiger partial charge is 0.417 e. The maximum atomic E-state index is 12.7. The summed E-state index contributed by atoms with van der Waals surface area (Å²) < 4.78 is 38.8. The maximum Gasteiger partial charge on any atom is 0.417 e. The van der Waals surface area contributed by atoms with Gasteiger partial charge in [-0.25, -0.2) is 0 Å². The van der Waals surface area contributed by atoms with Crippen molar-refractivity contribution in [1.29, 1.82) is 0 Å². The Morgan fingerprint density at radius 1 is 1.13 bits per heavy atom. The van der Waals surface area contributed by atoms with E-state index in [4.69, 9.17) is 0 Å². The number of nitrogens with zero attached hydrogens (tertiary/aromatic N) is 1. The first kappa shape index (κ1) is 16.8. The van der Waals surface area contributed by atoms with E-state index in [1.54, 1.807) is 26.0 Å². The smallest absolute Gasteiger partial charge is 0.324 e. The molecule has 122 valence electrons. The molecule has 0 atom stereocenters. The highest BCUT2D eigenvalue weighted by molar-refractivity contribution is 5.92. The number of amides is 1. The summed E-state index contributed by atoms with van der Waals surface area (Å²) in [6.07, 6.45) is -3.93. The van der Waals surface area contributed by atoms with E-state index in [1.165, 1.54) is 0 Å². The summed E-state index contributed by atoms with van der Waals surface area (Å²) in [5.41, 5.74) is 0.605. The van der Waals surface area contributed by atoms with E-state index >= 15 is 0 Å². The van der Waals surface area contributed by atoms with Gasteiger partial charge >= 0.3 is 6.18 Å². The molecule has 0 unspecified atom stereocenters. The van der Waals surface area contributed by atoms with Crippen LogP contribution in [0.5, 0.6) is 0 Å². The molecule has 7 heteroatoms. The number of carbonyl (C=O) groups is 1. The van der Waals surface area contributed by atoms with Crippen molar-refractivity contribution < 1.29 is 18.0 Å². The average Bonchev–Trinajstić information content (AvgIpc) is 2.44. The first-order valence-corrected chi connectivity index (χ1v) is 6.82. The Morgan fingerprint density at radius 2 is 1.74 bits per heavy atom. The Morgan fingerprint density at radius 3 is 2.30 bits per heavy atom. The van der Waals surface area contributed by atoms with Gasteiger partial charge in [0.05, 0.1) is 5.56 Å². The molecule has 0 aliphatic rings. The minimum absolute atomic E-state index is 0.490. The van der Waals surface area contributed by atoms with Crippen LogP contribution in [0, 0.1) is 13.8 Å². The summed E-state index contributed by atoms with van der Waals surface area (Å²) in [7, 11) is 0. The zero-order valence-corrected chi connectivity index (χ0v) is 12.6. The number of aromatic nitrogens is 1. The number of hydrogen-bond donors (Lipinski definition) is 1. The van der Waals surface area contributed by atoms with Crippen LogP contribution in [0.3, 0.4) is 0 Å². The molecule has 1 heterocycles. The van der Waals surface area contributed by atoms with Crippen molar-refractivity contribution in [3.63, 3.8) is 0 Å². The number of nitrogens with one attached hydrogen (secondary N) is 1. The van der Waals surface area contributed by atoms with E-state index in [0.29, 0.717) is 18.0 Å². The number of halogens is 3. The Labute approximate surface area is 130 Å². The van der Waals surface area contributed by atoms with Gasteiger partial charge in [-0.2, -0.15) is 13.2 Å². The molecule has 0 saturated carbocycles. The van der Waals surface area contributed by atoms with Gasteiger partial charge in [-0.1, -0.05) is 18.2 Å². The Bertz CT molecular complexity index is 774. The zero-order chi connectivity index (χ0) is 17.2. The van der Waals surface area contributed by atoms with Gasteiger partial charge in [-0.15, -0.1) is 0 Å². The normalized spacial score (nSPS) is 11.3. The molecular formula is C16H15F3N2O2. The molecule has 1 amide bonds. The lowest BCUT2D eigenvalue weighted by Gasteiger charge is -2.13. The van der Waals surface area contributed by atoms with E-state index < -0.39 is 29.8 Å². The van der Waals surface area contributed by atoms with Gasteiger partial charge in [-0.3, -0.25) is 9.59 Å². The number of rotatable bonds is 3. The predicted octanol–water partition coefficient (Wildman–Crippen LogP) is 3.12. The maximum absolute atomic E-state index is 12.7. The Hall–Kier alpha value is -2.57. The van der Waals surface area contributed by atoms with Crippen LogP contribution in [-0.4, -0.2) is 10.5 Å². The van der Waals surface area contributed by atoms with Crippen molar-refractivity contribution in [2.45, 2.75) is 26.6 Å². The van der Waals surface area contributed by atoms with Crippen LogP contribution < -0.4 is 10.9 Å². The molecule has 0 saturated heterocycles. The fourth-order valence-corrected chi connectivity index (χ4v) is 2.17. The highest BCUT2D eigenvalue weighted by atomic mass is 19.4. The summed E-state index contributed by atoms with van der Waals surface area (Å²) in [6, 6.07) is 6.94. The van der Waals surface area contributed by atoms with Gasteiger partial charge in [0.25, 0.3) is 5.56 Å². The van der Waals surface area contributed by atoms with Gasteiger partial charge in [0.1, 0.15) is 6.54 Å². The van der Waals surface area contributed by atoms with Crippen molar-refractivity contribution in [2.75, 3.05) is 5.32 Å². The van der Waals surface area contributed by atoms with Crippen LogP contribution in [0.4, 0.5) is 18.9 Å². The Balaban J connectivity index is 2.22. The number of benzene rings is 1. The van der Waals surface area contributed by atoms with E-state index in [1.807, 2.05) is 6.07 Å². The number of para-hydroxylation sites is 1. The van der Waals surface area contributed by atoms with Crippen molar-refractivity contribution in [2.24, 2.45) is 0 Å². The number of hydrogen-bond acceptors (Lipinski definition) is 2. The second-order valence-electron chi connectivity index (χ2n) is 5.20. The van der Waals surface area contributed by atoms with Crippen LogP contribution in [0.2, 0.25) is 0 Å². The van der Waals surface area contributed by atoms with Crippen LogP contribution in [0.25, 0.3) is 0 Å². The lowest BCUT2D eigenvalue weighted by atomic mass is 10.1. The zero-order valence-electron chi connectivity index (χ0n) is 12.6. The average molecular weight is 324 g/mol. The first-order valence-electron chi connectivity index (χ1n) is 6.82. The number of anilines is 1. The number of alkyl halides is 3. The third kappa shape index (κ3) is 4.00. The van der Waals surface area contributed by atoms with Gasteiger partial charge in [0.2, 0.25) is 5.91 Å². The van der Waals surface area contributed by atoms with Crippen LogP contribution >= 0.6 is 0 Å². The minimum atomic E-state index is -4.57. The van der Waals surface area contributed by atoms with Crippen molar-refractivity contribution >= 4 is 11.6 Å². The second kappa shape index (κ2) is 6.28. The van der Waals surface area contributed by atoms with E-state index in [2.05, 4.69) is 5.32 Å². The summed E-state index contributed by atoms with van der Waals surface area (Å²) in [5.74, 6) is -0.566. The highest BCUT2D eigenvalue weighted by Gasteiger charge is 2.31. The van der Waals surface area contributed by atoms with Crippen molar-refractivity contribution in [3.8, 4) is 0 Å². The highest BCUT2D eigenvalue weighted by Crippen LogP contribution is 2.28. The van der Waals surface area contributed by atoms with Gasteiger partial charge in [0.15, 0.2) is 0 Å². The molecule has 0 radical (unpaired) electrons. The summed E-state index contributed by atoms with van der Waals surface area (Å²) in [6.45, 7) is 3.12. The van der Waals surface area contributed by atoms with Gasteiger partial charge in [0, 0.05) is 18.0 Å². The Kier molecular flexibility index (Phi) is 4.58. The molecule has 2 rings (SSSR count). The standard InChI is InChI=1S/C16H15F3N2O2/c1-10-4-3-5-11(2)15(10)20-13(22)9-21-8-12(16(17,18)19)6-7-14(21)23/h3-8H,9H2,1-2H3,(H,20,22). The number of aryl methyl sites for hydroxylation is 2. The summed E-state index contributed by atoms with van der Waals surface area (Å²) >= 11 is 0. The fourth-order valence-electron chi connectivity index (χ4n) is 2.17. The monoisotopic (exact) mass is 324 g/mol. The predicted molar refractivity (Wildman–Crippen MR) is 80.2 cm³/mol. The number of carbonyl (C=O) groups excluding carboxylic acids is 1. The first-order chi connectivity index (χ1) is 10.7. The molecule has 4 nitrogen and oxygen atoms in total. The molecule has 0 fully saturated rings. The molecule has 23 heavy (non-hydrogen) atoms. The van der Waals surface area contributed by atoms with E-state index in [0.717, 1.165) is 21.8 Å². The van der Waals surface area contributed by atoms with Crippen molar-refractivity contribution in [1.82, 2.24) is 4.57 Å². The van der Waals surface area contributed by atoms with E-state index in [-0.39, 0.29) is 0 Å². The molecule has 2 aromatic rings. The van der Waals surface area contributed by atoms with Gasteiger partial charge < -0.3 is 9.88 Å². The minimum Gasteiger partial charge on any atom is -0.324 e. The van der Waals surface area contributed by atoms with Crippen molar-refractivity contribution in [3.05, 3.63) is 63.6 Å². The molecule has 1 aromatic carbocycles. The molecule has 0 aliphatic heterocycles. The van der Waals surface area contributed by atoms with E-state index in [9.17, 15) is 22.8 Å². The molecule has 1 aromatic heterocycles. The van der Waals surface area contributed by atoms with Gasteiger partial charge in [-0.05, 0) is 31.0 Å². The quantitative estimate of drug-likeness (QED) is 0.943. The molecular weight excluding hydrogens is 309 g/mol. The lowest BCUT2D eigenvalue weighted by Crippen LogP contribution is -2.28. The second-order valence-corrected chi connectivity index (χ2v) is 5.20. The molecule has 1 N–H and O–H groups in total. The fraction of sp³-hybridized carbons (Fsp3) is 0.250. The third-order valence-corrected chi connectivity index (χ3v) is 3.37. The topological polar surface area (TPSA) is 51.1 Å².